The first kappa shape index (κ1) is 15.9. The maximum atomic E-state index is 11.5. The molecular formula is C11H15BrN2O4S. The summed E-state index contributed by atoms with van der Waals surface area (Å²) in [5.74, 6) is -1.05. The van der Waals surface area contributed by atoms with Crippen LogP contribution in [0.15, 0.2) is 22.7 Å². The monoisotopic (exact) mass is 350 g/mol. The molecule has 0 aliphatic carbocycles. The third kappa shape index (κ3) is 4.48. The van der Waals surface area contributed by atoms with Crippen LogP contribution in [0.5, 0.6) is 0 Å². The highest BCUT2D eigenvalue weighted by atomic mass is 79.9. The second-order valence-electron chi connectivity index (χ2n) is 4.02. The van der Waals surface area contributed by atoms with Crippen LogP contribution in [0.1, 0.15) is 10.4 Å². The zero-order valence-corrected chi connectivity index (χ0v) is 13.0. The fourth-order valence-electron chi connectivity index (χ4n) is 1.29. The minimum absolute atomic E-state index is 0.0346. The molecule has 0 aliphatic heterocycles. The lowest BCUT2D eigenvalue weighted by atomic mass is 10.2. The number of benzene rings is 1. The molecule has 0 aromatic heterocycles. The van der Waals surface area contributed by atoms with Gasteiger partial charge in [0.05, 0.1) is 11.3 Å². The van der Waals surface area contributed by atoms with Gasteiger partial charge in [0.1, 0.15) is 0 Å². The number of aromatic carboxylic acids is 1. The zero-order valence-electron chi connectivity index (χ0n) is 10.6. The Hall–Kier alpha value is -1.12. The topological polar surface area (TPSA) is 86.7 Å². The molecule has 0 fully saturated rings. The standard InChI is InChI=1S/C11H15BrN2O4S/c1-14(2)19(17,18)6-5-13-10-4-3-8(11(15)16)7-9(10)12/h3-4,7,13H,5-6H2,1-2H3,(H,15,16). The molecule has 0 aliphatic rings. The lowest BCUT2D eigenvalue weighted by molar-refractivity contribution is 0.0697. The van der Waals surface area contributed by atoms with Gasteiger partial charge in [-0.05, 0) is 34.1 Å². The van der Waals surface area contributed by atoms with E-state index >= 15 is 0 Å². The largest absolute Gasteiger partial charge is 0.478 e. The summed E-state index contributed by atoms with van der Waals surface area (Å²) < 4.78 is 24.8. The molecule has 2 N–H and O–H groups in total. The SMILES string of the molecule is CN(C)S(=O)(=O)CCNc1ccc(C(=O)O)cc1Br. The lowest BCUT2D eigenvalue weighted by Gasteiger charge is -2.13. The minimum atomic E-state index is -3.24. The summed E-state index contributed by atoms with van der Waals surface area (Å²) >= 11 is 3.24. The van der Waals surface area contributed by atoms with Crippen LogP contribution in [0.2, 0.25) is 0 Å². The Morgan fingerprint density at radius 2 is 2.05 bits per heavy atom. The summed E-state index contributed by atoms with van der Waals surface area (Å²) in [6.07, 6.45) is 0. The van der Waals surface area contributed by atoms with Crippen LogP contribution in [0, 0.1) is 0 Å². The first-order chi connectivity index (χ1) is 8.74. The molecule has 106 valence electrons. The minimum Gasteiger partial charge on any atom is -0.478 e. The van der Waals surface area contributed by atoms with E-state index in [0.717, 1.165) is 4.31 Å². The molecule has 1 rings (SSSR count). The summed E-state index contributed by atoms with van der Waals surface area (Å²) in [5, 5.41) is 11.8. The molecule has 6 nitrogen and oxygen atoms in total. The zero-order chi connectivity index (χ0) is 14.6. The molecular weight excluding hydrogens is 336 g/mol. The van der Waals surface area contributed by atoms with E-state index in [1.54, 1.807) is 6.07 Å². The van der Waals surface area contributed by atoms with E-state index in [1.807, 2.05) is 0 Å². The maximum absolute atomic E-state index is 11.5. The van der Waals surface area contributed by atoms with E-state index in [2.05, 4.69) is 21.2 Å². The van der Waals surface area contributed by atoms with Gasteiger partial charge in [-0.2, -0.15) is 0 Å². The first-order valence-corrected chi connectivity index (χ1v) is 7.81. The fraction of sp³-hybridized carbons (Fsp3) is 0.364. The van der Waals surface area contributed by atoms with Crippen LogP contribution in [0.3, 0.4) is 0 Å². The number of hydrogen-bond acceptors (Lipinski definition) is 4. The molecule has 0 atom stereocenters. The number of rotatable bonds is 6. The predicted molar refractivity (Wildman–Crippen MR) is 77.1 cm³/mol. The Kier molecular flexibility index (Phi) is 5.33. The van der Waals surface area contributed by atoms with Gasteiger partial charge in [-0.25, -0.2) is 17.5 Å². The number of nitrogens with zero attached hydrogens (tertiary/aromatic N) is 1. The number of carboxylic acid groups (broad SMARTS) is 1. The van der Waals surface area contributed by atoms with Gasteiger partial charge in [0.15, 0.2) is 0 Å². The maximum Gasteiger partial charge on any atom is 0.335 e. The molecule has 1 aromatic carbocycles. The average Bonchev–Trinajstić information content (AvgIpc) is 2.30. The second kappa shape index (κ2) is 6.36. The molecule has 0 saturated heterocycles. The van der Waals surface area contributed by atoms with Crippen LogP contribution >= 0.6 is 15.9 Å². The third-order valence-electron chi connectivity index (χ3n) is 2.45. The lowest BCUT2D eigenvalue weighted by Crippen LogP contribution is -2.28. The van der Waals surface area contributed by atoms with E-state index in [-0.39, 0.29) is 17.9 Å². The van der Waals surface area contributed by atoms with Crippen molar-refractivity contribution >= 4 is 37.6 Å². The quantitative estimate of drug-likeness (QED) is 0.810. The van der Waals surface area contributed by atoms with Gasteiger partial charge in [0.25, 0.3) is 0 Å². The first-order valence-electron chi connectivity index (χ1n) is 5.41. The van der Waals surface area contributed by atoms with Crippen molar-refractivity contribution in [3.63, 3.8) is 0 Å². The highest BCUT2D eigenvalue weighted by Gasteiger charge is 2.13. The molecule has 0 radical (unpaired) electrons. The van der Waals surface area contributed by atoms with Gasteiger partial charge >= 0.3 is 5.97 Å². The van der Waals surface area contributed by atoms with Crippen molar-refractivity contribution in [1.82, 2.24) is 4.31 Å². The van der Waals surface area contributed by atoms with E-state index in [4.69, 9.17) is 5.11 Å². The van der Waals surface area contributed by atoms with E-state index in [0.29, 0.717) is 10.2 Å². The van der Waals surface area contributed by atoms with Gasteiger partial charge in [-0.15, -0.1) is 0 Å². The van der Waals surface area contributed by atoms with E-state index in [1.165, 1.54) is 26.2 Å². The van der Waals surface area contributed by atoms with Crippen LogP contribution < -0.4 is 5.32 Å². The molecule has 0 saturated carbocycles. The van der Waals surface area contributed by atoms with Crippen molar-refractivity contribution in [1.29, 1.82) is 0 Å². The Morgan fingerprint density at radius 1 is 1.42 bits per heavy atom. The van der Waals surface area contributed by atoms with Crippen LogP contribution in [0.4, 0.5) is 5.69 Å². The number of halogens is 1. The van der Waals surface area contributed by atoms with Gasteiger partial charge < -0.3 is 10.4 Å². The Labute approximate surface area is 120 Å². The van der Waals surface area contributed by atoms with Crippen molar-refractivity contribution in [2.24, 2.45) is 0 Å². The average molecular weight is 351 g/mol. The smallest absolute Gasteiger partial charge is 0.335 e. The molecule has 1 aromatic rings. The Morgan fingerprint density at radius 3 is 2.53 bits per heavy atom. The predicted octanol–water partition coefficient (Wildman–Crippen LogP) is 1.45. The summed E-state index contributed by atoms with van der Waals surface area (Å²) in [5.41, 5.74) is 0.817. The molecule has 0 heterocycles. The number of anilines is 1. The van der Waals surface area contributed by atoms with Gasteiger partial charge in [0, 0.05) is 30.8 Å². The van der Waals surface area contributed by atoms with Crippen LogP contribution in [0.25, 0.3) is 0 Å². The van der Waals surface area contributed by atoms with Gasteiger partial charge in [-0.3, -0.25) is 0 Å². The van der Waals surface area contributed by atoms with Gasteiger partial charge in [0.2, 0.25) is 10.0 Å². The summed E-state index contributed by atoms with van der Waals surface area (Å²) in [6.45, 7) is 0.242. The fourth-order valence-corrected chi connectivity index (χ4v) is 2.53. The molecule has 19 heavy (non-hydrogen) atoms. The second-order valence-corrected chi connectivity index (χ2v) is 7.18. The van der Waals surface area contributed by atoms with Gasteiger partial charge in [-0.1, -0.05) is 0 Å². The van der Waals surface area contributed by atoms with Crippen molar-refractivity contribution in [3.8, 4) is 0 Å². The van der Waals surface area contributed by atoms with Crippen molar-refractivity contribution in [2.75, 3.05) is 31.7 Å². The molecule has 0 spiro atoms. The van der Waals surface area contributed by atoms with Crippen molar-refractivity contribution < 1.29 is 18.3 Å². The number of sulfonamides is 1. The molecule has 0 bridgehead atoms. The highest BCUT2D eigenvalue weighted by Crippen LogP contribution is 2.23. The van der Waals surface area contributed by atoms with Crippen LogP contribution in [-0.2, 0) is 10.0 Å². The highest BCUT2D eigenvalue weighted by molar-refractivity contribution is 9.10. The molecule has 8 heteroatoms. The number of carboxylic acids is 1. The van der Waals surface area contributed by atoms with E-state index in [9.17, 15) is 13.2 Å². The third-order valence-corrected chi connectivity index (χ3v) is 4.94. The normalized spacial score (nSPS) is 11.6. The van der Waals surface area contributed by atoms with Crippen molar-refractivity contribution in [2.45, 2.75) is 0 Å². The number of hydrogen-bond donors (Lipinski definition) is 2. The Bertz CT molecular complexity index is 572. The summed E-state index contributed by atoms with van der Waals surface area (Å²) in [7, 11) is -0.283. The summed E-state index contributed by atoms with van der Waals surface area (Å²) in [4.78, 5) is 10.8. The summed E-state index contributed by atoms with van der Waals surface area (Å²) in [6, 6.07) is 4.51. The van der Waals surface area contributed by atoms with E-state index < -0.39 is 16.0 Å². The number of carbonyl (C=O) groups is 1. The Balaban J connectivity index is 2.67. The van der Waals surface area contributed by atoms with Crippen molar-refractivity contribution in [3.05, 3.63) is 28.2 Å². The molecule has 0 unspecified atom stereocenters. The number of nitrogens with one attached hydrogen (secondary N) is 1. The van der Waals surface area contributed by atoms with Crippen LogP contribution in [-0.4, -0.2) is 50.2 Å². The molecule has 0 amide bonds.